The molecule has 0 aliphatic rings. The summed E-state index contributed by atoms with van der Waals surface area (Å²) in [5, 5.41) is 11.2. The largest absolute Gasteiger partial charge is 0.372 e. The predicted octanol–water partition coefficient (Wildman–Crippen LogP) is 3.87. The smallest absolute Gasteiger partial charge is 0.293 e. The van der Waals surface area contributed by atoms with Gasteiger partial charge in [0.1, 0.15) is 5.69 Å². The first-order valence-electron chi connectivity index (χ1n) is 7.13. The summed E-state index contributed by atoms with van der Waals surface area (Å²) in [6.07, 6.45) is 3.02. The van der Waals surface area contributed by atoms with Crippen molar-refractivity contribution in [3.8, 4) is 0 Å². The first-order chi connectivity index (χ1) is 10.9. The van der Waals surface area contributed by atoms with Gasteiger partial charge in [-0.1, -0.05) is 42.0 Å². The van der Waals surface area contributed by atoms with Crippen molar-refractivity contribution in [2.45, 2.75) is 6.92 Å². The molecule has 0 aliphatic heterocycles. The second-order valence-electron chi connectivity index (χ2n) is 5.46. The summed E-state index contributed by atoms with van der Waals surface area (Å²) in [4.78, 5) is 24.5. The van der Waals surface area contributed by atoms with Crippen LogP contribution in [0.15, 0.2) is 48.5 Å². The third-order valence-electron chi connectivity index (χ3n) is 3.44. The number of carbonyl (C=O) groups is 1. The van der Waals surface area contributed by atoms with Gasteiger partial charge in [0.25, 0.3) is 5.69 Å². The van der Waals surface area contributed by atoms with Gasteiger partial charge in [0, 0.05) is 25.7 Å². The van der Waals surface area contributed by atoms with Gasteiger partial charge in [0.2, 0.25) is 0 Å². The summed E-state index contributed by atoms with van der Waals surface area (Å²) in [6, 6.07) is 12.2. The normalized spacial score (nSPS) is 10.7. The molecule has 23 heavy (non-hydrogen) atoms. The molecule has 0 N–H and O–H groups in total. The van der Waals surface area contributed by atoms with Crippen LogP contribution in [-0.4, -0.2) is 24.8 Å². The molecule has 0 unspecified atom stereocenters. The van der Waals surface area contributed by atoms with E-state index in [0.29, 0.717) is 16.8 Å². The lowest BCUT2D eigenvalue weighted by Gasteiger charge is -2.12. The monoisotopic (exact) mass is 310 g/mol. The number of hydrogen-bond donors (Lipinski definition) is 0. The number of benzene rings is 2. The zero-order valence-electron chi connectivity index (χ0n) is 13.3. The van der Waals surface area contributed by atoms with Crippen LogP contribution in [0.5, 0.6) is 0 Å². The minimum absolute atomic E-state index is 0.0138. The Hall–Kier alpha value is -2.95. The fourth-order valence-electron chi connectivity index (χ4n) is 2.15. The standard InChI is InChI=1S/C18H18N2O3/c1-13-4-8-15(9-5-13)18(21)11-7-14-6-10-16(19(2)3)17(12-14)20(22)23/h4-12H,1-3H3. The second kappa shape index (κ2) is 6.87. The molecule has 0 aliphatic carbocycles. The molecular formula is C18H18N2O3. The fraction of sp³-hybridized carbons (Fsp3) is 0.167. The molecule has 0 heterocycles. The number of nitro benzene ring substituents is 1. The van der Waals surface area contributed by atoms with Crippen molar-refractivity contribution in [3.63, 3.8) is 0 Å². The summed E-state index contributed by atoms with van der Waals surface area (Å²) in [7, 11) is 3.50. The van der Waals surface area contributed by atoms with Crippen molar-refractivity contribution in [1.29, 1.82) is 0 Å². The van der Waals surface area contributed by atoms with Crippen molar-refractivity contribution in [1.82, 2.24) is 0 Å². The minimum atomic E-state index is -0.422. The topological polar surface area (TPSA) is 63.5 Å². The number of ketones is 1. The number of allylic oxidation sites excluding steroid dienone is 1. The number of carbonyl (C=O) groups excluding carboxylic acids is 1. The van der Waals surface area contributed by atoms with Crippen molar-refractivity contribution < 1.29 is 9.72 Å². The van der Waals surface area contributed by atoms with E-state index in [1.165, 1.54) is 12.1 Å². The van der Waals surface area contributed by atoms with E-state index in [9.17, 15) is 14.9 Å². The highest BCUT2D eigenvalue weighted by Gasteiger charge is 2.15. The lowest BCUT2D eigenvalue weighted by atomic mass is 10.1. The summed E-state index contributed by atoms with van der Waals surface area (Å²) >= 11 is 0. The molecule has 0 atom stereocenters. The van der Waals surface area contributed by atoms with E-state index < -0.39 is 4.92 Å². The minimum Gasteiger partial charge on any atom is -0.372 e. The molecule has 0 radical (unpaired) electrons. The Morgan fingerprint density at radius 2 is 1.78 bits per heavy atom. The van der Waals surface area contributed by atoms with Gasteiger partial charge in [-0.25, -0.2) is 0 Å². The van der Waals surface area contributed by atoms with Gasteiger partial charge in [-0.2, -0.15) is 0 Å². The predicted molar refractivity (Wildman–Crippen MR) is 92.0 cm³/mol. The molecule has 5 heteroatoms. The molecule has 0 fully saturated rings. The summed E-state index contributed by atoms with van der Waals surface area (Å²) < 4.78 is 0. The highest BCUT2D eigenvalue weighted by Crippen LogP contribution is 2.28. The van der Waals surface area contributed by atoms with Crippen LogP contribution in [0.25, 0.3) is 6.08 Å². The average Bonchev–Trinajstić information content (AvgIpc) is 2.52. The summed E-state index contributed by atoms with van der Waals surface area (Å²) in [5.74, 6) is -0.135. The molecule has 0 bridgehead atoms. The van der Waals surface area contributed by atoms with Crippen LogP contribution in [0.2, 0.25) is 0 Å². The van der Waals surface area contributed by atoms with Crippen molar-refractivity contribution in [2.75, 3.05) is 19.0 Å². The number of nitrogens with zero attached hydrogens (tertiary/aromatic N) is 2. The van der Waals surface area contributed by atoms with Crippen molar-refractivity contribution >= 4 is 23.2 Å². The molecule has 2 aromatic rings. The molecule has 0 amide bonds. The fourth-order valence-corrected chi connectivity index (χ4v) is 2.15. The molecule has 0 aromatic heterocycles. The van der Waals surface area contributed by atoms with Gasteiger partial charge in [-0.05, 0) is 24.6 Å². The van der Waals surface area contributed by atoms with Crippen LogP contribution in [0, 0.1) is 17.0 Å². The molecule has 5 nitrogen and oxygen atoms in total. The summed E-state index contributed by atoms with van der Waals surface area (Å²) in [6.45, 7) is 1.95. The molecular weight excluding hydrogens is 292 g/mol. The zero-order chi connectivity index (χ0) is 17.0. The number of rotatable bonds is 5. The van der Waals surface area contributed by atoms with Gasteiger partial charge in [-0.3, -0.25) is 14.9 Å². The highest BCUT2D eigenvalue weighted by atomic mass is 16.6. The maximum Gasteiger partial charge on any atom is 0.293 e. The van der Waals surface area contributed by atoms with Crippen LogP contribution in [-0.2, 0) is 0 Å². The van der Waals surface area contributed by atoms with Gasteiger partial charge < -0.3 is 4.90 Å². The molecule has 0 saturated heterocycles. The Kier molecular flexibility index (Phi) is 4.91. The number of hydrogen-bond acceptors (Lipinski definition) is 4. The Morgan fingerprint density at radius 3 is 2.35 bits per heavy atom. The number of nitro groups is 1. The first kappa shape index (κ1) is 16.4. The van der Waals surface area contributed by atoms with E-state index in [0.717, 1.165) is 5.56 Å². The second-order valence-corrected chi connectivity index (χ2v) is 5.46. The van der Waals surface area contributed by atoms with E-state index in [1.54, 1.807) is 49.3 Å². The maximum atomic E-state index is 12.1. The Balaban J connectivity index is 2.25. The molecule has 118 valence electrons. The Morgan fingerprint density at radius 1 is 1.13 bits per heavy atom. The quantitative estimate of drug-likeness (QED) is 0.364. The van der Waals surface area contributed by atoms with Gasteiger partial charge in [-0.15, -0.1) is 0 Å². The third-order valence-corrected chi connectivity index (χ3v) is 3.44. The number of aryl methyl sites for hydroxylation is 1. The van der Waals surface area contributed by atoms with Gasteiger partial charge in [0.05, 0.1) is 4.92 Å². The third kappa shape index (κ3) is 4.03. The lowest BCUT2D eigenvalue weighted by molar-refractivity contribution is -0.384. The zero-order valence-corrected chi connectivity index (χ0v) is 13.3. The lowest BCUT2D eigenvalue weighted by Crippen LogP contribution is -2.10. The van der Waals surface area contributed by atoms with Crippen LogP contribution < -0.4 is 4.90 Å². The maximum absolute atomic E-state index is 12.1. The molecule has 2 aromatic carbocycles. The van der Waals surface area contributed by atoms with Crippen molar-refractivity contribution in [3.05, 3.63) is 75.3 Å². The molecule has 0 saturated carbocycles. The van der Waals surface area contributed by atoms with E-state index in [1.807, 2.05) is 19.1 Å². The number of anilines is 1. The van der Waals surface area contributed by atoms with E-state index in [4.69, 9.17) is 0 Å². The van der Waals surface area contributed by atoms with E-state index >= 15 is 0 Å². The van der Waals surface area contributed by atoms with Crippen LogP contribution in [0.3, 0.4) is 0 Å². The first-order valence-corrected chi connectivity index (χ1v) is 7.13. The van der Waals surface area contributed by atoms with E-state index in [-0.39, 0.29) is 11.5 Å². The Bertz CT molecular complexity index is 762. The van der Waals surface area contributed by atoms with Crippen LogP contribution >= 0.6 is 0 Å². The van der Waals surface area contributed by atoms with Gasteiger partial charge in [0.15, 0.2) is 5.78 Å². The molecule has 2 rings (SSSR count). The van der Waals surface area contributed by atoms with Crippen LogP contribution in [0.4, 0.5) is 11.4 Å². The Labute approximate surface area is 135 Å². The average molecular weight is 310 g/mol. The van der Waals surface area contributed by atoms with Crippen molar-refractivity contribution in [2.24, 2.45) is 0 Å². The van der Waals surface area contributed by atoms with E-state index in [2.05, 4.69) is 0 Å². The summed E-state index contributed by atoms with van der Waals surface area (Å²) in [5.41, 5.74) is 2.83. The van der Waals surface area contributed by atoms with Gasteiger partial charge >= 0.3 is 0 Å². The van der Waals surface area contributed by atoms with Crippen LogP contribution in [0.1, 0.15) is 21.5 Å². The highest BCUT2D eigenvalue weighted by molar-refractivity contribution is 6.06. The SMILES string of the molecule is Cc1ccc(C(=O)C=Cc2ccc(N(C)C)c([N+](=O)[O-])c2)cc1. The molecule has 0 spiro atoms.